The minimum atomic E-state index is -1.34. The van der Waals surface area contributed by atoms with Crippen molar-refractivity contribution in [2.45, 2.75) is 6.10 Å². The highest BCUT2D eigenvalue weighted by Crippen LogP contribution is 1.84. The number of carbonyl (C=O) groups excluding carboxylic acids is 2. The van der Waals surface area contributed by atoms with Gasteiger partial charge < -0.3 is 15.2 Å². The van der Waals surface area contributed by atoms with Gasteiger partial charge in [-0.05, 0) is 0 Å². The molecule has 3 N–H and O–H groups in total. The van der Waals surface area contributed by atoms with E-state index in [1.54, 1.807) is 0 Å². The highest BCUT2D eigenvalue weighted by molar-refractivity contribution is 5.80. The number of methoxy groups -OCH3 is 1. The molecule has 15 heavy (non-hydrogen) atoms. The van der Waals surface area contributed by atoms with Crippen LogP contribution >= 0.6 is 0 Å². The molecule has 1 unspecified atom stereocenters. The van der Waals surface area contributed by atoms with Gasteiger partial charge in [-0.25, -0.2) is 4.79 Å². The van der Waals surface area contributed by atoms with E-state index >= 15 is 0 Å². The summed E-state index contributed by atoms with van der Waals surface area (Å²) in [4.78, 5) is 21.7. The molecule has 0 aromatic heterocycles. The number of aliphatic hydroxyl groups is 1. The first-order valence-corrected chi connectivity index (χ1v) is 4.28. The number of esters is 1. The lowest BCUT2D eigenvalue weighted by Crippen LogP contribution is -2.41. The lowest BCUT2D eigenvalue weighted by molar-refractivity contribution is -0.150. The molecule has 0 aromatic carbocycles. The summed E-state index contributed by atoms with van der Waals surface area (Å²) in [6.07, 6.45) is 3.61. The average molecular weight is 214 g/mol. The number of carbonyl (C=O) groups is 2. The van der Waals surface area contributed by atoms with Gasteiger partial charge in [-0.1, -0.05) is 5.92 Å². The molecule has 6 nitrogen and oxygen atoms in total. The predicted molar refractivity (Wildman–Crippen MR) is 52.7 cm³/mol. The Bertz CT molecular complexity index is 259. The molecule has 0 aliphatic rings. The number of rotatable bonds is 6. The van der Waals surface area contributed by atoms with Crippen LogP contribution in [0, 0.1) is 12.3 Å². The fourth-order valence-corrected chi connectivity index (χ4v) is 0.741. The van der Waals surface area contributed by atoms with E-state index in [0.717, 1.165) is 7.11 Å². The first-order valence-electron chi connectivity index (χ1n) is 4.28. The van der Waals surface area contributed by atoms with Crippen LogP contribution in [0.25, 0.3) is 0 Å². The maximum Gasteiger partial charge on any atom is 0.336 e. The van der Waals surface area contributed by atoms with Gasteiger partial charge in [0.05, 0.1) is 26.7 Å². The smallest absolute Gasteiger partial charge is 0.336 e. The zero-order chi connectivity index (χ0) is 11.7. The van der Waals surface area contributed by atoms with Gasteiger partial charge in [0.2, 0.25) is 5.91 Å². The minimum absolute atomic E-state index is 0.0398. The van der Waals surface area contributed by atoms with Crippen LogP contribution in [0.4, 0.5) is 0 Å². The van der Waals surface area contributed by atoms with Crippen molar-refractivity contribution < 1.29 is 19.4 Å². The second kappa shape index (κ2) is 7.79. The first-order chi connectivity index (χ1) is 7.11. The molecule has 0 saturated carbocycles. The molecule has 1 atom stereocenters. The van der Waals surface area contributed by atoms with Gasteiger partial charge in [-0.3, -0.25) is 10.1 Å². The Morgan fingerprint density at radius 1 is 1.60 bits per heavy atom. The number of ether oxygens (including phenoxy) is 1. The largest absolute Gasteiger partial charge is 0.467 e. The molecule has 0 aliphatic heterocycles. The summed E-state index contributed by atoms with van der Waals surface area (Å²) in [6.45, 7) is 0.147. The lowest BCUT2D eigenvalue weighted by atomic mass is 10.3. The summed E-state index contributed by atoms with van der Waals surface area (Å²) in [5.74, 6) is 1.16. The number of hydrogen-bond donors (Lipinski definition) is 3. The van der Waals surface area contributed by atoms with Crippen LogP contribution in [-0.4, -0.2) is 49.8 Å². The zero-order valence-corrected chi connectivity index (χ0v) is 8.45. The van der Waals surface area contributed by atoms with Crippen molar-refractivity contribution in [3.63, 3.8) is 0 Å². The van der Waals surface area contributed by atoms with Crippen molar-refractivity contribution in [3.8, 4) is 12.3 Å². The summed E-state index contributed by atoms with van der Waals surface area (Å²) >= 11 is 0. The summed E-state index contributed by atoms with van der Waals surface area (Å²) in [5.41, 5.74) is 0. The molecule has 0 bridgehead atoms. The SMILES string of the molecule is C#CCNCC(=O)NCC(O)C(=O)OC. The Hall–Kier alpha value is -1.58. The third-order valence-electron chi connectivity index (χ3n) is 1.48. The van der Waals surface area contributed by atoms with E-state index in [4.69, 9.17) is 11.5 Å². The van der Waals surface area contributed by atoms with Crippen LogP contribution in [0.15, 0.2) is 0 Å². The van der Waals surface area contributed by atoms with E-state index in [1.807, 2.05) is 0 Å². The van der Waals surface area contributed by atoms with Crippen LogP contribution in [0.5, 0.6) is 0 Å². The van der Waals surface area contributed by atoms with E-state index in [-0.39, 0.29) is 25.5 Å². The number of aliphatic hydroxyl groups excluding tert-OH is 1. The van der Waals surface area contributed by atoms with Crippen LogP contribution in [0.1, 0.15) is 0 Å². The van der Waals surface area contributed by atoms with Gasteiger partial charge in [-0.15, -0.1) is 6.42 Å². The molecule has 0 saturated heterocycles. The molecule has 0 heterocycles. The van der Waals surface area contributed by atoms with E-state index < -0.39 is 12.1 Å². The lowest BCUT2D eigenvalue weighted by Gasteiger charge is -2.09. The summed E-state index contributed by atoms with van der Waals surface area (Å²) in [6, 6.07) is 0. The van der Waals surface area contributed by atoms with Crippen molar-refractivity contribution in [3.05, 3.63) is 0 Å². The topological polar surface area (TPSA) is 87.7 Å². The number of amides is 1. The van der Waals surface area contributed by atoms with Gasteiger partial charge in [-0.2, -0.15) is 0 Å². The van der Waals surface area contributed by atoms with Gasteiger partial charge in [0.15, 0.2) is 6.10 Å². The molecule has 0 aromatic rings. The minimum Gasteiger partial charge on any atom is -0.467 e. The predicted octanol–water partition coefficient (Wildman–Crippen LogP) is -2.14. The van der Waals surface area contributed by atoms with Gasteiger partial charge >= 0.3 is 5.97 Å². The molecule has 84 valence electrons. The molecule has 0 spiro atoms. The average Bonchev–Trinajstić information content (AvgIpc) is 2.25. The third kappa shape index (κ3) is 6.49. The van der Waals surface area contributed by atoms with E-state index in [9.17, 15) is 9.59 Å². The van der Waals surface area contributed by atoms with Crippen molar-refractivity contribution in [1.29, 1.82) is 0 Å². The quantitative estimate of drug-likeness (QED) is 0.267. The first kappa shape index (κ1) is 13.4. The molecular formula is C9H14N2O4. The second-order valence-corrected chi connectivity index (χ2v) is 2.65. The molecule has 1 amide bonds. The standard InChI is InChI=1S/C9H14N2O4/c1-3-4-10-6-8(13)11-5-7(12)9(14)15-2/h1,7,10,12H,4-6H2,2H3,(H,11,13). The summed E-state index contributed by atoms with van der Waals surface area (Å²) in [5, 5.41) is 14.1. The second-order valence-electron chi connectivity index (χ2n) is 2.65. The van der Waals surface area contributed by atoms with Crippen LogP contribution in [-0.2, 0) is 14.3 Å². The van der Waals surface area contributed by atoms with E-state index in [2.05, 4.69) is 21.3 Å². The fourth-order valence-electron chi connectivity index (χ4n) is 0.741. The molecule has 6 heteroatoms. The van der Waals surface area contributed by atoms with Gasteiger partial charge in [0.25, 0.3) is 0 Å². The normalized spacial score (nSPS) is 11.3. The monoisotopic (exact) mass is 214 g/mol. The van der Waals surface area contributed by atoms with Gasteiger partial charge in [0, 0.05) is 0 Å². The summed E-state index contributed by atoms with van der Waals surface area (Å²) in [7, 11) is 1.15. The molecule has 0 rings (SSSR count). The number of hydrogen-bond acceptors (Lipinski definition) is 5. The van der Waals surface area contributed by atoms with Crippen molar-refractivity contribution in [2.75, 3.05) is 26.7 Å². The van der Waals surface area contributed by atoms with Gasteiger partial charge in [0.1, 0.15) is 0 Å². The Morgan fingerprint density at radius 3 is 2.80 bits per heavy atom. The maximum absolute atomic E-state index is 11.0. The van der Waals surface area contributed by atoms with Crippen molar-refractivity contribution in [2.24, 2.45) is 0 Å². The maximum atomic E-state index is 11.0. The molecule has 0 fully saturated rings. The summed E-state index contributed by atoms with van der Waals surface area (Å²) < 4.78 is 4.26. The number of nitrogens with one attached hydrogen (secondary N) is 2. The Labute approximate surface area is 88.0 Å². The van der Waals surface area contributed by atoms with E-state index in [0.29, 0.717) is 0 Å². The Kier molecular flexibility index (Phi) is 6.97. The molecule has 0 aliphatic carbocycles. The highest BCUT2D eigenvalue weighted by atomic mass is 16.5. The number of terminal acetylenes is 1. The van der Waals surface area contributed by atoms with Crippen LogP contribution in [0.2, 0.25) is 0 Å². The molecular weight excluding hydrogens is 200 g/mol. The van der Waals surface area contributed by atoms with Crippen LogP contribution in [0.3, 0.4) is 0 Å². The molecule has 0 radical (unpaired) electrons. The van der Waals surface area contributed by atoms with Crippen molar-refractivity contribution >= 4 is 11.9 Å². The Morgan fingerprint density at radius 2 is 2.27 bits per heavy atom. The Balaban J connectivity index is 3.62. The van der Waals surface area contributed by atoms with Crippen LogP contribution < -0.4 is 10.6 Å². The van der Waals surface area contributed by atoms with E-state index in [1.165, 1.54) is 0 Å². The third-order valence-corrected chi connectivity index (χ3v) is 1.48. The zero-order valence-electron chi connectivity index (χ0n) is 8.45. The van der Waals surface area contributed by atoms with Crippen molar-refractivity contribution in [1.82, 2.24) is 10.6 Å². The fraction of sp³-hybridized carbons (Fsp3) is 0.556. The highest BCUT2D eigenvalue weighted by Gasteiger charge is 2.15.